The molecule has 0 N–H and O–H groups in total. The molecule has 0 amide bonds. The Hall–Kier alpha value is -1.87. The van der Waals surface area contributed by atoms with Gasteiger partial charge in [-0.25, -0.2) is 0 Å². The predicted molar refractivity (Wildman–Crippen MR) is 67.2 cm³/mol. The zero-order valence-corrected chi connectivity index (χ0v) is 10.2. The Kier molecular flexibility index (Phi) is 2.99. The lowest BCUT2D eigenvalue weighted by Crippen LogP contribution is -1.96. The molecule has 1 aliphatic rings. The molecule has 0 saturated carbocycles. The van der Waals surface area contributed by atoms with Gasteiger partial charge in [-0.1, -0.05) is 23.7 Å². The molecule has 2 aromatic rings. The van der Waals surface area contributed by atoms with Gasteiger partial charge in [-0.3, -0.25) is 0 Å². The maximum absolute atomic E-state index is 6.15. The van der Waals surface area contributed by atoms with E-state index in [0.29, 0.717) is 23.1 Å². The van der Waals surface area contributed by atoms with Crippen molar-refractivity contribution >= 4 is 11.6 Å². The number of hydrogen-bond acceptors (Lipinski definition) is 3. The molecule has 0 atom stereocenters. The van der Waals surface area contributed by atoms with Crippen molar-refractivity contribution in [1.82, 2.24) is 0 Å². The summed E-state index contributed by atoms with van der Waals surface area (Å²) in [4.78, 5) is 0. The van der Waals surface area contributed by atoms with Crippen LogP contribution in [0.3, 0.4) is 0 Å². The molecule has 2 aromatic carbocycles. The highest BCUT2D eigenvalue weighted by Gasteiger charge is 2.16. The number of halogens is 1. The summed E-state index contributed by atoms with van der Waals surface area (Å²) in [6.07, 6.45) is 0. The smallest absolute Gasteiger partial charge is 0.231 e. The van der Waals surface area contributed by atoms with Crippen molar-refractivity contribution < 1.29 is 14.2 Å². The summed E-state index contributed by atoms with van der Waals surface area (Å²) >= 11 is 6.15. The van der Waals surface area contributed by atoms with Crippen LogP contribution in [-0.4, -0.2) is 6.79 Å². The molecular weight excluding hydrogens is 252 g/mol. The molecule has 4 heteroatoms. The molecular formula is C14H10ClO3. The van der Waals surface area contributed by atoms with Crippen molar-refractivity contribution in [3.05, 3.63) is 53.1 Å². The second kappa shape index (κ2) is 4.78. The van der Waals surface area contributed by atoms with Gasteiger partial charge in [0.25, 0.3) is 0 Å². The molecule has 0 aliphatic carbocycles. The lowest BCUT2D eigenvalue weighted by molar-refractivity contribution is 0.174. The van der Waals surface area contributed by atoms with Gasteiger partial charge in [0.1, 0.15) is 12.4 Å². The van der Waals surface area contributed by atoms with E-state index in [2.05, 4.69) is 6.07 Å². The van der Waals surface area contributed by atoms with Crippen LogP contribution >= 0.6 is 11.6 Å². The molecule has 3 nitrogen and oxygen atoms in total. The Morgan fingerprint density at radius 1 is 1.28 bits per heavy atom. The SMILES string of the molecule is Clc1cc2c(cc1COc1c[c]ccc1)OCO2. The summed E-state index contributed by atoms with van der Waals surface area (Å²) in [5.74, 6) is 2.14. The summed E-state index contributed by atoms with van der Waals surface area (Å²) in [5, 5.41) is 0.610. The largest absolute Gasteiger partial charge is 0.489 e. The van der Waals surface area contributed by atoms with E-state index in [4.69, 9.17) is 25.8 Å². The standard InChI is InChI=1S/C14H10ClO3/c15-12-7-14-13(17-9-18-14)6-10(12)8-16-11-4-2-1-3-5-11/h1-2,4-7H,8-9H2. The van der Waals surface area contributed by atoms with Gasteiger partial charge in [-0.05, 0) is 24.3 Å². The average molecular weight is 262 g/mol. The molecule has 0 aromatic heterocycles. The highest BCUT2D eigenvalue weighted by Crippen LogP contribution is 2.37. The molecule has 0 bridgehead atoms. The molecule has 1 heterocycles. The molecule has 18 heavy (non-hydrogen) atoms. The van der Waals surface area contributed by atoms with Gasteiger partial charge in [-0.15, -0.1) is 0 Å². The molecule has 1 aliphatic heterocycles. The monoisotopic (exact) mass is 261 g/mol. The molecule has 0 unspecified atom stereocenters. The molecule has 91 valence electrons. The fourth-order valence-electron chi connectivity index (χ4n) is 1.70. The van der Waals surface area contributed by atoms with Crippen molar-refractivity contribution in [2.75, 3.05) is 6.79 Å². The van der Waals surface area contributed by atoms with Crippen LogP contribution in [0.15, 0.2) is 36.4 Å². The van der Waals surface area contributed by atoms with E-state index < -0.39 is 0 Å². The zero-order chi connectivity index (χ0) is 12.4. The van der Waals surface area contributed by atoms with Gasteiger partial charge < -0.3 is 14.2 Å². The maximum Gasteiger partial charge on any atom is 0.231 e. The first-order valence-corrected chi connectivity index (χ1v) is 5.87. The maximum atomic E-state index is 6.15. The van der Waals surface area contributed by atoms with Gasteiger partial charge in [-0.2, -0.15) is 0 Å². The van der Waals surface area contributed by atoms with E-state index in [1.54, 1.807) is 12.1 Å². The minimum Gasteiger partial charge on any atom is -0.489 e. The van der Waals surface area contributed by atoms with E-state index in [1.165, 1.54) is 0 Å². The number of benzene rings is 2. The van der Waals surface area contributed by atoms with Gasteiger partial charge in [0.05, 0.1) is 5.02 Å². The Labute approximate surface area is 110 Å². The lowest BCUT2D eigenvalue weighted by Gasteiger charge is -2.08. The Balaban J connectivity index is 1.77. The Morgan fingerprint density at radius 2 is 2.11 bits per heavy atom. The third-order valence-electron chi connectivity index (χ3n) is 2.61. The van der Waals surface area contributed by atoms with E-state index in [1.807, 2.05) is 24.3 Å². The van der Waals surface area contributed by atoms with Crippen molar-refractivity contribution in [2.45, 2.75) is 6.61 Å². The van der Waals surface area contributed by atoms with E-state index >= 15 is 0 Å². The van der Waals surface area contributed by atoms with Crippen LogP contribution < -0.4 is 14.2 Å². The molecule has 0 fully saturated rings. The summed E-state index contributed by atoms with van der Waals surface area (Å²) in [6, 6.07) is 13.9. The van der Waals surface area contributed by atoms with Crippen LogP contribution in [0.5, 0.6) is 17.2 Å². The van der Waals surface area contributed by atoms with Crippen molar-refractivity contribution in [3.8, 4) is 17.2 Å². The second-order valence-corrected chi connectivity index (χ2v) is 4.23. The third-order valence-corrected chi connectivity index (χ3v) is 2.97. The van der Waals surface area contributed by atoms with Crippen LogP contribution in [0.4, 0.5) is 0 Å². The molecule has 3 rings (SSSR count). The number of ether oxygens (including phenoxy) is 3. The minimum atomic E-state index is 0.240. The van der Waals surface area contributed by atoms with Gasteiger partial charge in [0, 0.05) is 11.6 Å². The summed E-state index contributed by atoms with van der Waals surface area (Å²) in [7, 11) is 0. The normalized spacial score (nSPS) is 12.5. The van der Waals surface area contributed by atoms with Crippen LogP contribution in [-0.2, 0) is 6.61 Å². The van der Waals surface area contributed by atoms with Crippen LogP contribution in [0.25, 0.3) is 0 Å². The first kappa shape index (κ1) is 11.2. The van der Waals surface area contributed by atoms with Gasteiger partial charge in [0.2, 0.25) is 6.79 Å². The molecule has 0 saturated heterocycles. The van der Waals surface area contributed by atoms with Gasteiger partial charge in [0.15, 0.2) is 11.5 Å². The highest BCUT2D eigenvalue weighted by atomic mass is 35.5. The Morgan fingerprint density at radius 3 is 2.89 bits per heavy atom. The molecule has 1 radical (unpaired) electrons. The summed E-state index contributed by atoms with van der Waals surface area (Å²) in [6.45, 7) is 0.622. The third kappa shape index (κ3) is 2.22. The van der Waals surface area contributed by atoms with Crippen molar-refractivity contribution in [3.63, 3.8) is 0 Å². The first-order valence-electron chi connectivity index (χ1n) is 5.50. The predicted octanol–water partition coefficient (Wildman–Crippen LogP) is 3.45. The number of fused-ring (bicyclic) bond motifs is 1. The van der Waals surface area contributed by atoms with Crippen LogP contribution in [0, 0.1) is 6.07 Å². The van der Waals surface area contributed by atoms with E-state index in [0.717, 1.165) is 11.3 Å². The van der Waals surface area contributed by atoms with Gasteiger partial charge >= 0.3 is 0 Å². The van der Waals surface area contributed by atoms with Crippen LogP contribution in [0.1, 0.15) is 5.56 Å². The Bertz CT molecular complexity index is 554. The summed E-state index contributed by atoms with van der Waals surface area (Å²) in [5.41, 5.74) is 0.866. The molecule has 0 spiro atoms. The quantitative estimate of drug-likeness (QED) is 0.847. The van der Waals surface area contributed by atoms with Crippen LogP contribution in [0.2, 0.25) is 5.02 Å². The fraction of sp³-hybridized carbons (Fsp3) is 0.143. The topological polar surface area (TPSA) is 27.7 Å². The zero-order valence-electron chi connectivity index (χ0n) is 9.48. The van der Waals surface area contributed by atoms with E-state index in [9.17, 15) is 0 Å². The number of rotatable bonds is 3. The second-order valence-electron chi connectivity index (χ2n) is 3.82. The van der Waals surface area contributed by atoms with Crippen molar-refractivity contribution in [2.24, 2.45) is 0 Å². The average Bonchev–Trinajstić information content (AvgIpc) is 2.84. The fourth-order valence-corrected chi connectivity index (χ4v) is 1.91. The minimum absolute atomic E-state index is 0.240. The lowest BCUT2D eigenvalue weighted by atomic mass is 10.2. The highest BCUT2D eigenvalue weighted by molar-refractivity contribution is 6.31. The first-order chi connectivity index (χ1) is 8.83. The summed E-state index contributed by atoms with van der Waals surface area (Å²) < 4.78 is 16.2. The number of hydrogen-bond donors (Lipinski definition) is 0. The van der Waals surface area contributed by atoms with E-state index in [-0.39, 0.29) is 6.79 Å². The van der Waals surface area contributed by atoms with Crippen molar-refractivity contribution in [1.29, 1.82) is 0 Å².